The Bertz CT molecular complexity index is 804. The predicted octanol–water partition coefficient (Wildman–Crippen LogP) is 4.03. The summed E-state index contributed by atoms with van der Waals surface area (Å²) in [6, 6.07) is 15.1. The number of rotatable bonds is 5. The fourth-order valence-corrected chi connectivity index (χ4v) is 3.03. The van der Waals surface area contributed by atoms with Crippen LogP contribution < -0.4 is 4.74 Å². The van der Waals surface area contributed by atoms with E-state index in [9.17, 15) is 4.79 Å². The molecule has 1 aliphatic rings. The molecular weight excluding hydrogens is 298 g/mol. The number of methoxy groups -OCH3 is 1. The first-order valence-electron chi connectivity index (χ1n) is 7.95. The van der Waals surface area contributed by atoms with E-state index in [0.29, 0.717) is 16.9 Å². The Morgan fingerprint density at radius 1 is 1.08 bits per heavy atom. The smallest absolute Gasteiger partial charge is 0.193 e. The number of allylic oxidation sites excluding steroid dienone is 3. The van der Waals surface area contributed by atoms with Crippen molar-refractivity contribution in [3.63, 3.8) is 0 Å². The lowest BCUT2D eigenvalue weighted by molar-refractivity contribution is 0.103. The van der Waals surface area contributed by atoms with Gasteiger partial charge >= 0.3 is 0 Å². The normalized spacial score (nSPS) is 16.0. The summed E-state index contributed by atoms with van der Waals surface area (Å²) in [4.78, 5) is 15.1. The summed E-state index contributed by atoms with van der Waals surface area (Å²) in [7, 11) is 5.66. The zero-order chi connectivity index (χ0) is 17.1. The minimum atomic E-state index is 0.0166. The van der Waals surface area contributed by atoms with Crippen molar-refractivity contribution in [3.8, 4) is 5.75 Å². The second-order valence-corrected chi connectivity index (χ2v) is 6.00. The maximum Gasteiger partial charge on any atom is 0.193 e. The Morgan fingerprint density at radius 3 is 2.50 bits per heavy atom. The molecule has 0 bridgehead atoms. The molecule has 2 aromatic rings. The van der Waals surface area contributed by atoms with Gasteiger partial charge in [-0.1, -0.05) is 48.6 Å². The van der Waals surface area contributed by atoms with Crippen molar-refractivity contribution >= 4 is 5.78 Å². The van der Waals surface area contributed by atoms with Gasteiger partial charge in [0, 0.05) is 36.8 Å². The van der Waals surface area contributed by atoms with Crippen molar-refractivity contribution in [2.75, 3.05) is 21.2 Å². The summed E-state index contributed by atoms with van der Waals surface area (Å²) in [5.74, 6) is 0.784. The highest BCUT2D eigenvalue weighted by atomic mass is 16.5. The molecule has 0 saturated heterocycles. The average Bonchev–Trinajstić information content (AvgIpc) is 3.11. The number of benzene rings is 2. The number of ketones is 1. The summed E-state index contributed by atoms with van der Waals surface area (Å²) < 4.78 is 5.34. The standard InChI is InChI=1S/C21H21NO2/c1-22(2)20-11-7-10-18(20)17-13-12-16(24-3)14-19(17)21(23)15-8-5-4-6-9-15/h4-14,18H,1-3H3. The fourth-order valence-electron chi connectivity index (χ4n) is 3.03. The Balaban J connectivity index is 2.09. The lowest BCUT2D eigenvalue weighted by Crippen LogP contribution is -2.17. The average molecular weight is 319 g/mol. The summed E-state index contributed by atoms with van der Waals surface area (Å²) in [6.07, 6.45) is 6.26. The van der Waals surface area contributed by atoms with E-state index < -0.39 is 0 Å². The number of carbonyl (C=O) groups is 1. The second-order valence-electron chi connectivity index (χ2n) is 6.00. The van der Waals surface area contributed by atoms with Crippen LogP contribution in [0, 0.1) is 0 Å². The van der Waals surface area contributed by atoms with E-state index in [0.717, 1.165) is 5.56 Å². The van der Waals surface area contributed by atoms with Crippen LogP contribution in [0.2, 0.25) is 0 Å². The molecule has 3 nitrogen and oxygen atoms in total. The van der Waals surface area contributed by atoms with Crippen molar-refractivity contribution in [2.45, 2.75) is 5.92 Å². The Labute approximate surface area is 142 Å². The molecule has 0 fully saturated rings. The second kappa shape index (κ2) is 6.75. The van der Waals surface area contributed by atoms with Crippen LogP contribution >= 0.6 is 0 Å². The quantitative estimate of drug-likeness (QED) is 0.780. The van der Waals surface area contributed by atoms with Crippen LogP contribution in [-0.2, 0) is 0 Å². The zero-order valence-electron chi connectivity index (χ0n) is 14.2. The molecular formula is C21H21NO2. The molecule has 0 amide bonds. The molecule has 0 spiro atoms. The molecule has 1 atom stereocenters. The summed E-state index contributed by atoms with van der Waals surface area (Å²) in [5.41, 5.74) is 3.54. The van der Waals surface area contributed by atoms with Crippen molar-refractivity contribution < 1.29 is 9.53 Å². The molecule has 122 valence electrons. The molecule has 0 aliphatic heterocycles. The number of hydrogen-bond donors (Lipinski definition) is 0. The van der Waals surface area contributed by atoms with E-state index >= 15 is 0 Å². The largest absolute Gasteiger partial charge is 0.497 e. The van der Waals surface area contributed by atoms with E-state index in [1.165, 1.54) is 5.70 Å². The Hall–Kier alpha value is -2.81. The first kappa shape index (κ1) is 16.1. The lowest BCUT2D eigenvalue weighted by atomic mass is 9.89. The van der Waals surface area contributed by atoms with Gasteiger partial charge in [0.2, 0.25) is 0 Å². The van der Waals surface area contributed by atoms with Crippen molar-refractivity contribution in [2.24, 2.45) is 0 Å². The molecule has 3 rings (SSSR count). The minimum absolute atomic E-state index is 0.0166. The van der Waals surface area contributed by atoms with Gasteiger partial charge in [-0.2, -0.15) is 0 Å². The van der Waals surface area contributed by atoms with Crippen LogP contribution in [0.25, 0.3) is 0 Å². The van der Waals surface area contributed by atoms with Gasteiger partial charge < -0.3 is 9.64 Å². The molecule has 1 unspecified atom stereocenters. The molecule has 3 heteroatoms. The fraction of sp³-hybridized carbons (Fsp3) is 0.190. The number of ether oxygens (including phenoxy) is 1. The van der Waals surface area contributed by atoms with Gasteiger partial charge in [-0.05, 0) is 23.8 Å². The van der Waals surface area contributed by atoms with Crippen LogP contribution in [0.4, 0.5) is 0 Å². The number of nitrogens with zero attached hydrogens (tertiary/aromatic N) is 1. The zero-order valence-corrected chi connectivity index (χ0v) is 14.2. The molecule has 1 aliphatic carbocycles. The summed E-state index contributed by atoms with van der Waals surface area (Å²) in [6.45, 7) is 0. The van der Waals surface area contributed by atoms with Crippen molar-refractivity contribution in [3.05, 3.63) is 89.1 Å². The Morgan fingerprint density at radius 2 is 1.83 bits per heavy atom. The van der Waals surface area contributed by atoms with Gasteiger partial charge in [-0.15, -0.1) is 0 Å². The summed E-state index contributed by atoms with van der Waals surface area (Å²) in [5, 5.41) is 0. The number of likely N-dealkylation sites (N-methyl/N-ethyl adjacent to an activating group) is 1. The monoisotopic (exact) mass is 319 g/mol. The topological polar surface area (TPSA) is 29.5 Å². The third kappa shape index (κ3) is 2.98. The SMILES string of the molecule is COc1ccc(C2C=CC=C2N(C)C)c(C(=O)c2ccccc2)c1. The number of carbonyl (C=O) groups excluding carboxylic acids is 1. The van der Waals surface area contributed by atoms with Crippen LogP contribution in [-0.4, -0.2) is 31.9 Å². The van der Waals surface area contributed by atoms with Crippen LogP contribution in [0.15, 0.2) is 72.5 Å². The van der Waals surface area contributed by atoms with E-state index in [-0.39, 0.29) is 11.7 Å². The van der Waals surface area contributed by atoms with Gasteiger partial charge in [0.1, 0.15) is 5.75 Å². The molecule has 0 radical (unpaired) electrons. The third-order valence-corrected chi connectivity index (χ3v) is 4.28. The highest BCUT2D eigenvalue weighted by Crippen LogP contribution is 2.35. The highest BCUT2D eigenvalue weighted by Gasteiger charge is 2.24. The summed E-state index contributed by atoms with van der Waals surface area (Å²) >= 11 is 0. The molecule has 0 heterocycles. The van der Waals surface area contributed by atoms with Gasteiger partial charge in [-0.25, -0.2) is 0 Å². The first-order valence-corrected chi connectivity index (χ1v) is 7.95. The van der Waals surface area contributed by atoms with Crippen molar-refractivity contribution in [1.29, 1.82) is 0 Å². The lowest BCUT2D eigenvalue weighted by Gasteiger charge is -2.23. The third-order valence-electron chi connectivity index (χ3n) is 4.28. The molecule has 2 aromatic carbocycles. The highest BCUT2D eigenvalue weighted by molar-refractivity contribution is 6.10. The van der Waals surface area contributed by atoms with Gasteiger partial charge in [0.05, 0.1) is 7.11 Å². The maximum absolute atomic E-state index is 13.1. The first-order chi connectivity index (χ1) is 11.6. The van der Waals surface area contributed by atoms with Crippen LogP contribution in [0.5, 0.6) is 5.75 Å². The molecule has 24 heavy (non-hydrogen) atoms. The maximum atomic E-state index is 13.1. The number of hydrogen-bond acceptors (Lipinski definition) is 3. The Kier molecular flexibility index (Phi) is 4.52. The van der Waals surface area contributed by atoms with Gasteiger partial charge in [-0.3, -0.25) is 4.79 Å². The van der Waals surface area contributed by atoms with Crippen LogP contribution in [0.1, 0.15) is 27.4 Å². The van der Waals surface area contributed by atoms with E-state index in [1.54, 1.807) is 7.11 Å². The predicted molar refractivity (Wildman–Crippen MR) is 96.5 cm³/mol. The van der Waals surface area contributed by atoms with Gasteiger partial charge in [0.25, 0.3) is 0 Å². The van der Waals surface area contributed by atoms with E-state index in [1.807, 2.05) is 68.7 Å². The molecule has 0 N–H and O–H groups in total. The molecule has 0 aromatic heterocycles. The van der Waals surface area contributed by atoms with E-state index in [4.69, 9.17) is 4.74 Å². The minimum Gasteiger partial charge on any atom is -0.497 e. The van der Waals surface area contributed by atoms with Gasteiger partial charge in [0.15, 0.2) is 5.78 Å². The molecule has 0 saturated carbocycles. The van der Waals surface area contributed by atoms with E-state index in [2.05, 4.69) is 17.1 Å². The van der Waals surface area contributed by atoms with Crippen LogP contribution in [0.3, 0.4) is 0 Å². The van der Waals surface area contributed by atoms with Crippen molar-refractivity contribution in [1.82, 2.24) is 4.90 Å².